The van der Waals surface area contributed by atoms with Crippen LogP contribution in [0.25, 0.3) is 22.2 Å². The van der Waals surface area contributed by atoms with Gasteiger partial charge in [0.2, 0.25) is 0 Å². The predicted octanol–water partition coefficient (Wildman–Crippen LogP) is 5.29. The molecule has 26 heavy (non-hydrogen) atoms. The average molecular weight is 347 g/mol. The van der Waals surface area contributed by atoms with Crippen molar-refractivity contribution in [2.45, 2.75) is 31.6 Å². The van der Waals surface area contributed by atoms with E-state index in [4.69, 9.17) is 4.74 Å². The molecule has 0 radical (unpaired) electrons. The first-order valence-corrected chi connectivity index (χ1v) is 9.41. The van der Waals surface area contributed by atoms with Crippen LogP contribution in [0.15, 0.2) is 54.6 Å². The Morgan fingerprint density at radius 1 is 0.962 bits per heavy atom. The molecular formula is C23H25NO2. The maximum Gasteiger partial charge on any atom is 0.308 e. The van der Waals surface area contributed by atoms with Gasteiger partial charge in [-0.3, -0.25) is 4.79 Å². The number of aromatic nitrogens is 1. The minimum atomic E-state index is -0.0512. The SMILES string of the molecule is COC(=O)C1CCC(c2c(-c3ccccc3)n(C)c3ccccc23)CC1. The second-order valence-corrected chi connectivity index (χ2v) is 7.28. The van der Waals surface area contributed by atoms with Crippen molar-refractivity contribution in [3.8, 4) is 11.3 Å². The van der Waals surface area contributed by atoms with Gasteiger partial charge in [-0.1, -0.05) is 48.5 Å². The number of benzene rings is 2. The van der Waals surface area contributed by atoms with Gasteiger partial charge in [-0.2, -0.15) is 0 Å². The molecule has 0 atom stereocenters. The van der Waals surface area contributed by atoms with Crippen LogP contribution < -0.4 is 0 Å². The fourth-order valence-electron chi connectivity index (χ4n) is 4.57. The molecule has 4 rings (SSSR count). The van der Waals surface area contributed by atoms with Gasteiger partial charge in [-0.25, -0.2) is 0 Å². The number of rotatable bonds is 3. The highest BCUT2D eigenvalue weighted by atomic mass is 16.5. The van der Waals surface area contributed by atoms with Gasteiger partial charge in [-0.05, 0) is 48.8 Å². The van der Waals surface area contributed by atoms with Gasteiger partial charge in [0.25, 0.3) is 0 Å². The zero-order valence-corrected chi connectivity index (χ0v) is 15.4. The Balaban J connectivity index is 1.79. The summed E-state index contributed by atoms with van der Waals surface area (Å²) in [6, 6.07) is 19.3. The number of nitrogens with zero attached hydrogens (tertiary/aromatic N) is 1. The molecular weight excluding hydrogens is 322 g/mol. The summed E-state index contributed by atoms with van der Waals surface area (Å²) < 4.78 is 7.28. The number of hydrogen-bond donors (Lipinski definition) is 0. The van der Waals surface area contributed by atoms with Crippen molar-refractivity contribution >= 4 is 16.9 Å². The fraction of sp³-hybridized carbons (Fsp3) is 0.348. The van der Waals surface area contributed by atoms with Crippen LogP contribution in [0.3, 0.4) is 0 Å². The van der Waals surface area contributed by atoms with E-state index in [2.05, 4.69) is 66.2 Å². The van der Waals surface area contributed by atoms with Crippen LogP contribution in [0.1, 0.15) is 37.2 Å². The van der Waals surface area contributed by atoms with Crippen LogP contribution >= 0.6 is 0 Å². The molecule has 2 aromatic carbocycles. The maximum absolute atomic E-state index is 11.9. The molecule has 0 unspecified atom stereocenters. The molecule has 1 aliphatic carbocycles. The van der Waals surface area contributed by atoms with E-state index in [1.54, 1.807) is 0 Å². The molecule has 3 aromatic rings. The first-order valence-electron chi connectivity index (χ1n) is 9.41. The standard InChI is InChI=1S/C23H25NO2/c1-24-20-11-7-6-10-19(20)21(22(24)17-8-4-3-5-9-17)16-12-14-18(15-13-16)23(25)26-2/h3-11,16,18H,12-15H2,1-2H3. The maximum atomic E-state index is 11.9. The highest BCUT2D eigenvalue weighted by Crippen LogP contribution is 2.44. The van der Waals surface area contributed by atoms with Crippen molar-refractivity contribution in [2.75, 3.05) is 7.11 Å². The summed E-state index contributed by atoms with van der Waals surface area (Å²) in [5, 5.41) is 1.34. The van der Waals surface area contributed by atoms with E-state index < -0.39 is 0 Å². The summed E-state index contributed by atoms with van der Waals surface area (Å²) in [7, 11) is 3.65. The Kier molecular flexibility index (Phi) is 4.54. The summed E-state index contributed by atoms with van der Waals surface area (Å²) in [5.41, 5.74) is 5.29. The molecule has 1 aliphatic rings. The van der Waals surface area contributed by atoms with Crippen molar-refractivity contribution in [1.29, 1.82) is 0 Å². The van der Waals surface area contributed by atoms with Crippen molar-refractivity contribution in [2.24, 2.45) is 13.0 Å². The van der Waals surface area contributed by atoms with Gasteiger partial charge < -0.3 is 9.30 Å². The molecule has 1 saturated carbocycles. The Bertz CT molecular complexity index is 918. The number of hydrogen-bond acceptors (Lipinski definition) is 2. The van der Waals surface area contributed by atoms with Gasteiger partial charge in [0.15, 0.2) is 0 Å². The molecule has 0 N–H and O–H groups in total. The number of fused-ring (bicyclic) bond motifs is 1. The third kappa shape index (κ3) is 2.82. The van der Waals surface area contributed by atoms with Crippen LogP contribution in [0, 0.1) is 5.92 Å². The minimum absolute atomic E-state index is 0.0512. The first kappa shape index (κ1) is 16.9. The number of esters is 1. The zero-order valence-electron chi connectivity index (χ0n) is 15.4. The molecule has 1 aromatic heterocycles. The van der Waals surface area contributed by atoms with Crippen molar-refractivity contribution in [3.05, 3.63) is 60.2 Å². The van der Waals surface area contributed by atoms with Crippen molar-refractivity contribution < 1.29 is 9.53 Å². The second-order valence-electron chi connectivity index (χ2n) is 7.28. The molecule has 134 valence electrons. The largest absolute Gasteiger partial charge is 0.469 e. The van der Waals surface area contributed by atoms with Gasteiger partial charge in [0.1, 0.15) is 0 Å². The van der Waals surface area contributed by atoms with Crippen LogP contribution in [0.2, 0.25) is 0 Å². The van der Waals surface area contributed by atoms with Crippen molar-refractivity contribution in [1.82, 2.24) is 4.57 Å². The van der Waals surface area contributed by atoms with Crippen LogP contribution in [0.5, 0.6) is 0 Å². The highest BCUT2D eigenvalue weighted by Gasteiger charge is 2.31. The molecule has 0 aliphatic heterocycles. The van der Waals surface area contributed by atoms with E-state index in [1.807, 2.05) is 0 Å². The van der Waals surface area contributed by atoms with E-state index in [9.17, 15) is 4.79 Å². The normalized spacial score (nSPS) is 20.2. The Morgan fingerprint density at radius 2 is 1.62 bits per heavy atom. The Labute approximate surface area is 154 Å². The van der Waals surface area contributed by atoms with E-state index >= 15 is 0 Å². The molecule has 3 nitrogen and oxygen atoms in total. The number of para-hydroxylation sites is 1. The number of aryl methyl sites for hydroxylation is 1. The summed E-state index contributed by atoms with van der Waals surface area (Å²) in [6.45, 7) is 0. The van der Waals surface area contributed by atoms with Crippen LogP contribution in [-0.2, 0) is 16.6 Å². The quantitative estimate of drug-likeness (QED) is 0.603. The van der Waals surface area contributed by atoms with Gasteiger partial charge >= 0.3 is 5.97 Å². The average Bonchev–Trinajstić information content (AvgIpc) is 3.01. The molecule has 0 bridgehead atoms. The van der Waals surface area contributed by atoms with E-state index in [-0.39, 0.29) is 11.9 Å². The number of ether oxygens (including phenoxy) is 1. The summed E-state index contributed by atoms with van der Waals surface area (Å²) >= 11 is 0. The molecule has 3 heteroatoms. The third-order valence-electron chi connectivity index (χ3n) is 5.86. The summed E-state index contributed by atoms with van der Waals surface area (Å²) in [5.74, 6) is 0.494. The summed E-state index contributed by atoms with van der Waals surface area (Å²) in [4.78, 5) is 11.9. The predicted molar refractivity (Wildman–Crippen MR) is 105 cm³/mol. The highest BCUT2D eigenvalue weighted by molar-refractivity contribution is 5.92. The fourth-order valence-corrected chi connectivity index (χ4v) is 4.57. The molecule has 0 amide bonds. The lowest BCUT2D eigenvalue weighted by Gasteiger charge is -2.28. The number of methoxy groups -OCH3 is 1. The Morgan fingerprint density at radius 3 is 2.31 bits per heavy atom. The van der Waals surface area contributed by atoms with Gasteiger partial charge in [0.05, 0.1) is 18.7 Å². The first-order chi connectivity index (χ1) is 12.7. The summed E-state index contributed by atoms with van der Waals surface area (Å²) in [6.07, 6.45) is 3.89. The molecule has 1 fully saturated rings. The van der Waals surface area contributed by atoms with E-state index in [0.29, 0.717) is 5.92 Å². The van der Waals surface area contributed by atoms with E-state index in [1.165, 1.54) is 34.8 Å². The van der Waals surface area contributed by atoms with Gasteiger partial charge in [-0.15, -0.1) is 0 Å². The lowest BCUT2D eigenvalue weighted by molar-refractivity contribution is -0.146. The molecule has 1 heterocycles. The van der Waals surface area contributed by atoms with Gasteiger partial charge in [0, 0.05) is 18.0 Å². The number of carbonyl (C=O) groups excluding carboxylic acids is 1. The van der Waals surface area contributed by atoms with E-state index in [0.717, 1.165) is 25.7 Å². The lowest BCUT2D eigenvalue weighted by Crippen LogP contribution is -2.22. The zero-order chi connectivity index (χ0) is 18.1. The molecule has 0 spiro atoms. The number of carbonyl (C=O) groups is 1. The second kappa shape index (κ2) is 6.99. The van der Waals surface area contributed by atoms with Crippen LogP contribution in [-0.4, -0.2) is 17.6 Å². The van der Waals surface area contributed by atoms with Crippen LogP contribution in [0.4, 0.5) is 0 Å². The Hall–Kier alpha value is -2.55. The molecule has 0 saturated heterocycles. The minimum Gasteiger partial charge on any atom is -0.469 e. The lowest BCUT2D eigenvalue weighted by atomic mass is 9.77. The topological polar surface area (TPSA) is 31.2 Å². The van der Waals surface area contributed by atoms with Crippen molar-refractivity contribution in [3.63, 3.8) is 0 Å². The monoisotopic (exact) mass is 347 g/mol. The smallest absolute Gasteiger partial charge is 0.308 e. The third-order valence-corrected chi connectivity index (χ3v) is 5.86.